The van der Waals surface area contributed by atoms with Crippen LogP contribution in [0.25, 0.3) is 53.8 Å². The summed E-state index contributed by atoms with van der Waals surface area (Å²) in [6, 6.07) is 19.1. The quantitative estimate of drug-likeness (QED) is 0.145. The summed E-state index contributed by atoms with van der Waals surface area (Å²) in [7, 11) is 2.11. The minimum Gasteiger partial charge on any atom is -0.313 e. The summed E-state index contributed by atoms with van der Waals surface area (Å²) in [6.45, 7) is 9.90. The van der Waals surface area contributed by atoms with Crippen molar-refractivity contribution >= 4 is 54.7 Å². The molecule has 126 valence electrons. The zero-order valence-corrected chi connectivity index (χ0v) is 15.1. The smallest absolute Gasteiger partial charge is 0.238 e. The van der Waals surface area contributed by atoms with Gasteiger partial charge in [-0.25, -0.2) is 4.85 Å². The molecular formula is C24H16N3+. The normalized spacial score (nSPS) is 12.0. The number of rotatable bonds is 0. The number of aryl methyl sites for hydroxylation is 2. The molecule has 3 nitrogen and oxygen atoms in total. The van der Waals surface area contributed by atoms with Gasteiger partial charge in [-0.2, -0.15) is 4.57 Å². The van der Waals surface area contributed by atoms with Gasteiger partial charge in [0.1, 0.15) is 12.6 Å². The summed E-state index contributed by atoms with van der Waals surface area (Å²) in [5.41, 5.74) is 6.57. The van der Waals surface area contributed by atoms with E-state index in [0.717, 1.165) is 10.9 Å². The van der Waals surface area contributed by atoms with Crippen molar-refractivity contribution in [1.29, 1.82) is 0 Å². The Morgan fingerprint density at radius 2 is 1.70 bits per heavy atom. The number of pyridine rings is 2. The van der Waals surface area contributed by atoms with Gasteiger partial charge in [-0.15, -0.1) is 0 Å². The Morgan fingerprint density at radius 1 is 0.889 bits per heavy atom. The Balaban J connectivity index is 2.17. The molecule has 0 atom stereocenters. The molecule has 0 N–H and O–H groups in total. The van der Waals surface area contributed by atoms with Gasteiger partial charge >= 0.3 is 0 Å². The first-order chi connectivity index (χ1) is 13.2. The first-order valence-electron chi connectivity index (χ1n) is 9.07. The average molecular weight is 346 g/mol. The third kappa shape index (κ3) is 1.59. The van der Waals surface area contributed by atoms with Crippen LogP contribution < -0.4 is 4.57 Å². The van der Waals surface area contributed by atoms with Crippen molar-refractivity contribution in [3.05, 3.63) is 77.8 Å². The monoisotopic (exact) mass is 346 g/mol. The van der Waals surface area contributed by atoms with Crippen LogP contribution in [0.5, 0.6) is 0 Å². The number of nitrogens with zero attached hydrogens (tertiary/aromatic N) is 3. The van der Waals surface area contributed by atoms with E-state index in [9.17, 15) is 0 Å². The number of benzene rings is 3. The van der Waals surface area contributed by atoms with E-state index in [4.69, 9.17) is 6.57 Å². The van der Waals surface area contributed by atoms with E-state index >= 15 is 0 Å². The van der Waals surface area contributed by atoms with Crippen molar-refractivity contribution in [3.8, 4) is 0 Å². The van der Waals surface area contributed by atoms with Crippen LogP contribution in [-0.4, -0.2) is 4.40 Å². The van der Waals surface area contributed by atoms with Gasteiger partial charge in [-0.05, 0) is 29.3 Å². The molecule has 0 saturated carbocycles. The minimum absolute atomic E-state index is 0.699. The lowest BCUT2D eigenvalue weighted by atomic mass is 9.98. The van der Waals surface area contributed by atoms with Crippen LogP contribution in [0.15, 0.2) is 60.8 Å². The van der Waals surface area contributed by atoms with Crippen LogP contribution in [0.3, 0.4) is 0 Å². The molecule has 0 spiro atoms. The topological polar surface area (TPSA) is 12.7 Å². The summed E-state index contributed by atoms with van der Waals surface area (Å²) in [6.07, 6.45) is 2.14. The van der Waals surface area contributed by atoms with Crippen LogP contribution in [0, 0.1) is 13.5 Å². The fourth-order valence-corrected chi connectivity index (χ4v) is 4.76. The highest BCUT2D eigenvalue weighted by atomic mass is 15.0. The third-order valence-corrected chi connectivity index (χ3v) is 5.88. The molecule has 0 radical (unpaired) electrons. The third-order valence-electron chi connectivity index (χ3n) is 5.88. The van der Waals surface area contributed by atoms with Gasteiger partial charge in [-0.1, -0.05) is 42.5 Å². The van der Waals surface area contributed by atoms with Gasteiger partial charge in [0, 0.05) is 16.8 Å². The van der Waals surface area contributed by atoms with Crippen molar-refractivity contribution in [3.63, 3.8) is 0 Å². The fraction of sp³-hybridized carbons (Fsp3) is 0.0833. The van der Waals surface area contributed by atoms with Gasteiger partial charge in [0.05, 0.1) is 23.0 Å². The van der Waals surface area contributed by atoms with Crippen LogP contribution >= 0.6 is 0 Å². The highest BCUT2D eigenvalue weighted by Gasteiger charge is 2.24. The lowest BCUT2D eigenvalue weighted by molar-refractivity contribution is -0.644. The van der Waals surface area contributed by atoms with Crippen molar-refractivity contribution in [2.45, 2.75) is 6.92 Å². The zero-order valence-electron chi connectivity index (χ0n) is 15.1. The number of aromatic nitrogens is 2. The first-order valence-corrected chi connectivity index (χ1v) is 9.07. The predicted molar refractivity (Wildman–Crippen MR) is 111 cm³/mol. The summed E-state index contributed by atoms with van der Waals surface area (Å²) >= 11 is 0. The summed E-state index contributed by atoms with van der Waals surface area (Å²) in [5.74, 6) is 0. The van der Waals surface area contributed by atoms with Crippen molar-refractivity contribution < 1.29 is 4.57 Å². The Morgan fingerprint density at radius 3 is 2.56 bits per heavy atom. The molecule has 0 saturated heterocycles. The largest absolute Gasteiger partial charge is 0.313 e. The van der Waals surface area contributed by atoms with E-state index in [-0.39, 0.29) is 0 Å². The fourth-order valence-electron chi connectivity index (χ4n) is 4.76. The Bertz CT molecular complexity index is 1600. The molecule has 0 unspecified atom stereocenters. The van der Waals surface area contributed by atoms with Gasteiger partial charge in [0.15, 0.2) is 6.20 Å². The van der Waals surface area contributed by atoms with Crippen molar-refractivity contribution in [2.75, 3.05) is 0 Å². The Labute approximate surface area is 155 Å². The van der Waals surface area contributed by atoms with Crippen LogP contribution in [0.1, 0.15) is 5.56 Å². The maximum Gasteiger partial charge on any atom is 0.238 e. The zero-order chi connectivity index (χ0) is 18.3. The highest BCUT2D eigenvalue weighted by molar-refractivity contribution is 6.26. The van der Waals surface area contributed by atoms with Crippen molar-refractivity contribution in [1.82, 2.24) is 4.40 Å². The highest BCUT2D eigenvalue weighted by Crippen LogP contribution is 2.42. The molecule has 3 heterocycles. The second kappa shape index (κ2) is 4.75. The van der Waals surface area contributed by atoms with E-state index in [1.54, 1.807) is 0 Å². The SMILES string of the molecule is [C-]#[N+]c1cccc2c3cc[n+](C)c4c5c(C)ccc6cccc(c65)n(c12)c34. The molecule has 6 rings (SSSR count). The van der Waals surface area contributed by atoms with Crippen LogP contribution in [0.2, 0.25) is 0 Å². The van der Waals surface area contributed by atoms with Gasteiger partial charge in [-0.3, -0.25) is 0 Å². The first kappa shape index (κ1) is 14.5. The second-order valence-electron chi connectivity index (χ2n) is 7.29. The standard InChI is InChI=1S/C24H16N3/c1-14-10-11-15-6-4-9-19-21(15)20(14)24-23-17(12-13-26(24)3)16-7-5-8-18(25-2)22(16)27(19)23/h4-13H,1,3H3/q+1. The molecule has 3 aromatic carbocycles. The molecule has 3 aromatic heterocycles. The van der Waals surface area contributed by atoms with Gasteiger partial charge in [0.25, 0.3) is 0 Å². The molecule has 0 aliphatic heterocycles. The van der Waals surface area contributed by atoms with E-state index < -0.39 is 0 Å². The molecule has 0 aliphatic rings. The van der Waals surface area contributed by atoms with E-state index in [2.05, 4.69) is 76.4 Å². The molecule has 6 aromatic rings. The lowest BCUT2D eigenvalue weighted by Gasteiger charge is -2.13. The second-order valence-corrected chi connectivity index (χ2v) is 7.29. The molecule has 0 bridgehead atoms. The minimum atomic E-state index is 0.699. The lowest BCUT2D eigenvalue weighted by Crippen LogP contribution is -2.28. The molecule has 0 amide bonds. The van der Waals surface area contributed by atoms with E-state index in [1.165, 1.54) is 43.7 Å². The number of hydrogen-bond donors (Lipinski definition) is 0. The van der Waals surface area contributed by atoms with E-state index in [1.807, 2.05) is 12.1 Å². The molecule has 0 aliphatic carbocycles. The average Bonchev–Trinajstić information content (AvgIpc) is 3.03. The summed E-state index contributed by atoms with van der Waals surface area (Å²) in [4.78, 5) is 3.84. The van der Waals surface area contributed by atoms with Crippen LogP contribution in [-0.2, 0) is 7.05 Å². The maximum absolute atomic E-state index is 7.72. The molecule has 3 heteroatoms. The number of para-hydroxylation sites is 1. The van der Waals surface area contributed by atoms with Crippen LogP contribution in [0.4, 0.5) is 5.69 Å². The number of hydrogen-bond acceptors (Lipinski definition) is 0. The maximum atomic E-state index is 7.72. The summed E-state index contributed by atoms with van der Waals surface area (Å²) < 4.78 is 4.52. The Hall–Kier alpha value is -3.64. The van der Waals surface area contributed by atoms with Gasteiger partial charge in [0.2, 0.25) is 11.2 Å². The van der Waals surface area contributed by atoms with Gasteiger partial charge < -0.3 is 4.40 Å². The van der Waals surface area contributed by atoms with Crippen molar-refractivity contribution in [2.24, 2.45) is 7.05 Å². The van der Waals surface area contributed by atoms with E-state index in [0.29, 0.717) is 5.69 Å². The molecule has 27 heavy (non-hydrogen) atoms. The molecular weight excluding hydrogens is 330 g/mol. The molecule has 0 fully saturated rings. The Kier molecular flexibility index (Phi) is 2.55. The predicted octanol–water partition coefficient (Wildman–Crippen LogP) is 5.67. The number of fused-ring (bicyclic) bond motifs is 5. The summed E-state index contributed by atoms with van der Waals surface area (Å²) in [5, 5.41) is 6.15.